The van der Waals surface area contributed by atoms with E-state index in [4.69, 9.17) is 23.2 Å². The fourth-order valence-corrected chi connectivity index (χ4v) is 4.15. The van der Waals surface area contributed by atoms with Crippen molar-refractivity contribution in [3.63, 3.8) is 0 Å². The predicted molar refractivity (Wildman–Crippen MR) is 106 cm³/mol. The summed E-state index contributed by atoms with van der Waals surface area (Å²) in [5.74, 6) is 1.62. The van der Waals surface area contributed by atoms with Crippen molar-refractivity contribution >= 4 is 23.2 Å². The molecular formula is C21H34Cl2. The van der Waals surface area contributed by atoms with E-state index >= 15 is 0 Å². The van der Waals surface area contributed by atoms with Gasteiger partial charge >= 0.3 is 0 Å². The molecule has 0 N–H and O–H groups in total. The van der Waals surface area contributed by atoms with Gasteiger partial charge in [0.25, 0.3) is 0 Å². The van der Waals surface area contributed by atoms with Crippen molar-refractivity contribution in [1.29, 1.82) is 0 Å². The Morgan fingerprint density at radius 2 is 1.87 bits per heavy atom. The summed E-state index contributed by atoms with van der Waals surface area (Å²) in [6.45, 7) is 13.1. The van der Waals surface area contributed by atoms with Gasteiger partial charge in [-0.3, -0.25) is 0 Å². The fourth-order valence-electron chi connectivity index (χ4n) is 3.55. The highest BCUT2D eigenvalue weighted by Crippen LogP contribution is 2.41. The van der Waals surface area contributed by atoms with E-state index in [1.54, 1.807) is 6.08 Å². The molecule has 1 atom stereocenters. The zero-order chi connectivity index (χ0) is 17.5. The molecule has 0 aliphatic heterocycles. The first-order valence-electron chi connectivity index (χ1n) is 9.16. The number of hydrogen-bond donors (Lipinski definition) is 0. The summed E-state index contributed by atoms with van der Waals surface area (Å²) in [5.41, 5.74) is 1.62. The first-order valence-corrected chi connectivity index (χ1v) is 9.91. The van der Waals surface area contributed by atoms with Crippen LogP contribution in [0.3, 0.4) is 0 Å². The van der Waals surface area contributed by atoms with Crippen LogP contribution in [0.25, 0.3) is 0 Å². The maximum absolute atomic E-state index is 6.40. The Hall–Kier alpha value is -0.200. The molecule has 0 amide bonds. The SMILES string of the molecule is C=CC(Cl)=C(CCC(C)CC1CCC(C)(C)CC1)C(Cl)=CCC. The van der Waals surface area contributed by atoms with Crippen LogP contribution in [-0.2, 0) is 0 Å². The normalized spacial score (nSPS) is 21.7. The van der Waals surface area contributed by atoms with Crippen LogP contribution in [0.4, 0.5) is 0 Å². The molecule has 1 unspecified atom stereocenters. The van der Waals surface area contributed by atoms with Gasteiger partial charge < -0.3 is 0 Å². The Morgan fingerprint density at radius 3 is 2.39 bits per heavy atom. The van der Waals surface area contributed by atoms with E-state index in [2.05, 4.69) is 34.3 Å². The minimum atomic E-state index is 0.561. The third-order valence-electron chi connectivity index (χ3n) is 5.22. The van der Waals surface area contributed by atoms with Gasteiger partial charge in [0.1, 0.15) is 0 Å². The smallest absolute Gasteiger partial charge is 0.0446 e. The lowest BCUT2D eigenvalue weighted by molar-refractivity contribution is 0.171. The van der Waals surface area contributed by atoms with Gasteiger partial charge in [0.2, 0.25) is 0 Å². The van der Waals surface area contributed by atoms with Crippen molar-refractivity contribution in [2.24, 2.45) is 17.3 Å². The van der Waals surface area contributed by atoms with Crippen LogP contribution in [0.15, 0.2) is 34.4 Å². The van der Waals surface area contributed by atoms with Crippen LogP contribution in [-0.4, -0.2) is 0 Å². The molecule has 1 aliphatic rings. The average molecular weight is 357 g/mol. The van der Waals surface area contributed by atoms with Crippen molar-refractivity contribution in [3.8, 4) is 0 Å². The van der Waals surface area contributed by atoms with Crippen molar-refractivity contribution in [1.82, 2.24) is 0 Å². The monoisotopic (exact) mass is 356 g/mol. The summed E-state index contributed by atoms with van der Waals surface area (Å²) < 4.78 is 0. The van der Waals surface area contributed by atoms with Crippen molar-refractivity contribution in [3.05, 3.63) is 34.4 Å². The molecule has 0 aromatic heterocycles. The lowest BCUT2D eigenvalue weighted by Crippen LogP contribution is -2.22. The molecule has 0 heterocycles. The molecule has 132 valence electrons. The molecule has 0 bridgehead atoms. The zero-order valence-corrected chi connectivity index (χ0v) is 16.9. The Labute approximate surface area is 154 Å². The third kappa shape index (κ3) is 7.48. The van der Waals surface area contributed by atoms with Gasteiger partial charge in [0.05, 0.1) is 0 Å². The quantitative estimate of drug-likeness (QED) is 0.384. The first-order chi connectivity index (χ1) is 10.8. The second kappa shape index (κ2) is 9.94. The Kier molecular flexibility index (Phi) is 9.01. The highest BCUT2D eigenvalue weighted by molar-refractivity contribution is 6.36. The number of halogens is 2. The highest BCUT2D eigenvalue weighted by atomic mass is 35.5. The summed E-state index contributed by atoms with van der Waals surface area (Å²) >= 11 is 12.7. The summed E-state index contributed by atoms with van der Waals surface area (Å²) in [6.07, 6.45) is 13.6. The number of allylic oxidation sites excluding steroid dienone is 5. The van der Waals surface area contributed by atoms with Crippen LogP contribution >= 0.6 is 23.2 Å². The molecular weight excluding hydrogens is 323 g/mol. The van der Waals surface area contributed by atoms with Gasteiger partial charge in [-0.15, -0.1) is 0 Å². The lowest BCUT2D eigenvalue weighted by Gasteiger charge is -2.35. The maximum atomic E-state index is 6.40. The van der Waals surface area contributed by atoms with Gasteiger partial charge in [-0.25, -0.2) is 0 Å². The Balaban J connectivity index is 2.52. The van der Waals surface area contributed by atoms with Crippen molar-refractivity contribution in [2.45, 2.75) is 79.1 Å². The summed E-state index contributed by atoms with van der Waals surface area (Å²) in [4.78, 5) is 0. The Bertz CT molecular complexity index is 433. The second-order valence-corrected chi connectivity index (χ2v) is 8.79. The zero-order valence-electron chi connectivity index (χ0n) is 15.4. The van der Waals surface area contributed by atoms with E-state index in [9.17, 15) is 0 Å². The number of hydrogen-bond acceptors (Lipinski definition) is 0. The standard InChI is InChI=1S/C21H34Cl2/c1-6-8-20(23)18(19(22)7-2)10-9-16(3)15-17-11-13-21(4,5)14-12-17/h7-8,16-17H,2,6,9-15H2,1,3-5H3. The largest absolute Gasteiger partial charge is 0.0976 e. The molecule has 0 saturated heterocycles. The van der Waals surface area contributed by atoms with Gasteiger partial charge in [-0.1, -0.05) is 69.6 Å². The van der Waals surface area contributed by atoms with Gasteiger partial charge in [0, 0.05) is 10.1 Å². The topological polar surface area (TPSA) is 0 Å². The van der Waals surface area contributed by atoms with Crippen molar-refractivity contribution in [2.75, 3.05) is 0 Å². The summed E-state index contributed by atoms with van der Waals surface area (Å²) in [5, 5.41) is 1.50. The van der Waals surface area contributed by atoms with Crippen molar-refractivity contribution < 1.29 is 0 Å². The van der Waals surface area contributed by atoms with E-state index in [1.165, 1.54) is 32.1 Å². The van der Waals surface area contributed by atoms with E-state index in [-0.39, 0.29) is 0 Å². The minimum Gasteiger partial charge on any atom is -0.0976 e. The molecule has 23 heavy (non-hydrogen) atoms. The molecule has 1 saturated carbocycles. The van der Waals surface area contributed by atoms with E-state index < -0.39 is 0 Å². The minimum absolute atomic E-state index is 0.561. The molecule has 0 aromatic carbocycles. The fraction of sp³-hybridized carbons (Fsp3) is 0.714. The third-order valence-corrected chi connectivity index (χ3v) is 5.99. The lowest BCUT2D eigenvalue weighted by atomic mass is 9.71. The maximum Gasteiger partial charge on any atom is 0.0446 e. The molecule has 1 aliphatic carbocycles. The highest BCUT2D eigenvalue weighted by Gasteiger charge is 2.27. The molecule has 1 rings (SSSR count). The van der Waals surface area contributed by atoms with Crippen LogP contribution in [0.5, 0.6) is 0 Å². The molecule has 0 spiro atoms. The molecule has 0 aromatic rings. The average Bonchev–Trinajstić information content (AvgIpc) is 2.49. The summed E-state index contributed by atoms with van der Waals surface area (Å²) in [7, 11) is 0. The molecule has 2 heteroatoms. The van der Waals surface area contributed by atoms with Gasteiger partial charge in [-0.2, -0.15) is 0 Å². The first kappa shape index (κ1) is 20.8. The molecule has 0 radical (unpaired) electrons. The molecule has 1 fully saturated rings. The number of rotatable bonds is 8. The van der Waals surface area contributed by atoms with Crippen LogP contribution < -0.4 is 0 Å². The van der Waals surface area contributed by atoms with Crippen LogP contribution in [0.1, 0.15) is 79.1 Å². The van der Waals surface area contributed by atoms with E-state index in [1.807, 2.05) is 6.08 Å². The van der Waals surface area contributed by atoms with E-state index in [0.29, 0.717) is 10.4 Å². The van der Waals surface area contributed by atoms with Crippen LogP contribution in [0.2, 0.25) is 0 Å². The predicted octanol–water partition coefficient (Wildman–Crippen LogP) is 8.22. The van der Waals surface area contributed by atoms with Crippen LogP contribution in [0, 0.1) is 17.3 Å². The van der Waals surface area contributed by atoms with Gasteiger partial charge in [0.15, 0.2) is 0 Å². The molecule has 0 nitrogen and oxygen atoms in total. The Morgan fingerprint density at radius 1 is 1.26 bits per heavy atom. The van der Waals surface area contributed by atoms with E-state index in [0.717, 1.165) is 41.7 Å². The second-order valence-electron chi connectivity index (χ2n) is 7.98. The summed E-state index contributed by atoms with van der Waals surface area (Å²) in [6, 6.07) is 0. The van der Waals surface area contributed by atoms with Gasteiger partial charge in [-0.05, 0) is 74.2 Å².